The third-order valence-electron chi connectivity index (χ3n) is 2.97. The van der Waals surface area contributed by atoms with Gasteiger partial charge in [-0.3, -0.25) is 0 Å². The third-order valence-corrected chi connectivity index (χ3v) is 4.53. The number of nitrogens with one attached hydrogen (secondary N) is 2. The summed E-state index contributed by atoms with van der Waals surface area (Å²) in [7, 11) is -3.88. The van der Waals surface area contributed by atoms with Crippen LogP contribution < -0.4 is 14.8 Å². The summed E-state index contributed by atoms with van der Waals surface area (Å²) in [4.78, 5) is -0.272. The van der Waals surface area contributed by atoms with Crippen molar-refractivity contribution in [2.24, 2.45) is 0 Å². The van der Waals surface area contributed by atoms with E-state index in [1.54, 1.807) is 0 Å². The number of alkyl halides is 2. The van der Waals surface area contributed by atoms with Crippen molar-refractivity contribution in [1.82, 2.24) is 10.0 Å². The molecule has 20 heavy (non-hydrogen) atoms. The Labute approximate surface area is 116 Å². The minimum absolute atomic E-state index is 0.242. The zero-order chi connectivity index (χ0) is 14.6. The van der Waals surface area contributed by atoms with Crippen LogP contribution in [0.15, 0.2) is 29.2 Å². The van der Waals surface area contributed by atoms with Gasteiger partial charge in [-0.25, -0.2) is 13.1 Å². The summed E-state index contributed by atoms with van der Waals surface area (Å²) in [6.07, 6.45) is 1.58. The second-order valence-corrected chi connectivity index (χ2v) is 6.17. The average molecular weight is 306 g/mol. The first-order valence-corrected chi connectivity index (χ1v) is 7.74. The molecule has 0 aliphatic carbocycles. The van der Waals surface area contributed by atoms with Crippen LogP contribution >= 0.6 is 0 Å². The molecule has 5 nitrogen and oxygen atoms in total. The zero-order valence-corrected chi connectivity index (χ0v) is 11.5. The summed E-state index contributed by atoms with van der Waals surface area (Å²) in [5.74, 6) is -0.348. The van der Waals surface area contributed by atoms with E-state index in [2.05, 4.69) is 14.8 Å². The molecule has 0 spiro atoms. The van der Waals surface area contributed by atoms with E-state index < -0.39 is 16.6 Å². The molecule has 1 aliphatic rings. The second kappa shape index (κ2) is 6.47. The van der Waals surface area contributed by atoms with E-state index in [1.807, 2.05) is 0 Å². The molecule has 0 amide bonds. The van der Waals surface area contributed by atoms with Gasteiger partial charge in [0.15, 0.2) is 0 Å². The zero-order valence-electron chi connectivity index (χ0n) is 10.7. The molecule has 1 aromatic carbocycles. The summed E-state index contributed by atoms with van der Waals surface area (Å²) < 4.78 is 55.8. The Kier molecular flexibility index (Phi) is 4.90. The standard InChI is InChI=1S/C12H16F2N2O3S/c13-12(14)19-10-5-1-2-6-11(10)20(17,18)16-9-4-3-7-15-8-9/h1-2,5-6,9,12,15-16H,3-4,7-8H2. The number of rotatable bonds is 5. The third kappa shape index (κ3) is 3.87. The maximum atomic E-state index is 12.3. The van der Waals surface area contributed by atoms with Gasteiger partial charge in [0, 0.05) is 12.6 Å². The van der Waals surface area contributed by atoms with Crippen LogP contribution in [-0.2, 0) is 10.0 Å². The molecule has 1 saturated heterocycles. The van der Waals surface area contributed by atoms with Crippen molar-refractivity contribution in [3.63, 3.8) is 0 Å². The van der Waals surface area contributed by atoms with E-state index in [9.17, 15) is 17.2 Å². The van der Waals surface area contributed by atoms with Gasteiger partial charge in [0.2, 0.25) is 10.0 Å². The second-order valence-electron chi connectivity index (χ2n) is 4.49. The van der Waals surface area contributed by atoms with Crippen LogP contribution in [0.4, 0.5) is 8.78 Å². The lowest BCUT2D eigenvalue weighted by Gasteiger charge is -2.24. The molecule has 1 atom stereocenters. The highest BCUT2D eigenvalue weighted by molar-refractivity contribution is 7.89. The topological polar surface area (TPSA) is 67.4 Å². The number of ether oxygens (including phenoxy) is 1. The first-order chi connectivity index (χ1) is 9.49. The Bertz CT molecular complexity index is 545. The fourth-order valence-corrected chi connectivity index (χ4v) is 3.51. The molecule has 0 radical (unpaired) electrons. The Balaban J connectivity index is 2.20. The molecule has 2 N–H and O–H groups in total. The van der Waals surface area contributed by atoms with Gasteiger partial charge in [0.25, 0.3) is 0 Å². The first-order valence-electron chi connectivity index (χ1n) is 6.26. The number of sulfonamides is 1. The number of hydrogen-bond donors (Lipinski definition) is 2. The van der Waals surface area contributed by atoms with Crippen LogP contribution in [0.25, 0.3) is 0 Å². The number of piperidine rings is 1. The van der Waals surface area contributed by atoms with Gasteiger partial charge >= 0.3 is 6.61 Å². The molecule has 1 aromatic rings. The molecule has 0 saturated carbocycles. The smallest absolute Gasteiger partial charge is 0.387 e. The van der Waals surface area contributed by atoms with Crippen molar-refractivity contribution in [3.8, 4) is 5.75 Å². The van der Waals surface area contributed by atoms with Gasteiger partial charge in [-0.2, -0.15) is 8.78 Å². The van der Waals surface area contributed by atoms with E-state index in [0.717, 1.165) is 13.0 Å². The van der Waals surface area contributed by atoms with Crippen molar-refractivity contribution >= 4 is 10.0 Å². The quantitative estimate of drug-likeness (QED) is 0.861. The monoisotopic (exact) mass is 306 g/mol. The van der Waals surface area contributed by atoms with Crippen LogP contribution in [0.1, 0.15) is 12.8 Å². The molecule has 1 heterocycles. The van der Waals surface area contributed by atoms with E-state index >= 15 is 0 Å². The van der Waals surface area contributed by atoms with Gasteiger partial charge < -0.3 is 10.1 Å². The molecule has 8 heteroatoms. The average Bonchev–Trinajstić information content (AvgIpc) is 2.39. The van der Waals surface area contributed by atoms with Crippen molar-refractivity contribution in [2.75, 3.05) is 13.1 Å². The SMILES string of the molecule is O=S(=O)(NC1CCCNC1)c1ccccc1OC(F)F. The van der Waals surface area contributed by atoms with Crippen LogP contribution in [-0.4, -0.2) is 34.2 Å². The van der Waals surface area contributed by atoms with Crippen LogP contribution in [0.5, 0.6) is 5.75 Å². The van der Waals surface area contributed by atoms with Crippen LogP contribution in [0, 0.1) is 0 Å². The van der Waals surface area contributed by atoms with Crippen LogP contribution in [0.2, 0.25) is 0 Å². The van der Waals surface area contributed by atoms with Crippen molar-refractivity contribution in [2.45, 2.75) is 30.4 Å². The van der Waals surface area contributed by atoms with E-state index in [-0.39, 0.29) is 16.7 Å². The summed E-state index contributed by atoms with van der Waals surface area (Å²) in [5, 5.41) is 3.08. The fraction of sp³-hybridized carbons (Fsp3) is 0.500. The van der Waals surface area contributed by atoms with Gasteiger partial charge in [-0.15, -0.1) is 0 Å². The summed E-state index contributed by atoms with van der Waals surface area (Å²) in [6.45, 7) is -1.69. The molecular formula is C12H16F2N2O3S. The molecule has 1 aliphatic heterocycles. The molecule has 1 unspecified atom stereocenters. The van der Waals surface area contributed by atoms with E-state index in [1.165, 1.54) is 24.3 Å². The predicted octanol–water partition coefficient (Wildman–Crippen LogP) is 1.32. The number of halogens is 2. The number of para-hydroxylation sites is 1. The largest absolute Gasteiger partial charge is 0.433 e. The van der Waals surface area contributed by atoms with Crippen molar-refractivity contribution < 1.29 is 21.9 Å². The van der Waals surface area contributed by atoms with Gasteiger partial charge in [0.05, 0.1) is 0 Å². The fourth-order valence-electron chi connectivity index (χ4n) is 2.10. The first kappa shape index (κ1) is 15.1. The Morgan fingerprint density at radius 1 is 1.35 bits per heavy atom. The van der Waals surface area contributed by atoms with Crippen molar-refractivity contribution in [1.29, 1.82) is 0 Å². The Morgan fingerprint density at radius 3 is 2.75 bits per heavy atom. The maximum absolute atomic E-state index is 12.3. The summed E-state index contributed by atoms with van der Waals surface area (Å²) >= 11 is 0. The lowest BCUT2D eigenvalue weighted by atomic mass is 10.1. The van der Waals surface area contributed by atoms with Crippen LogP contribution in [0.3, 0.4) is 0 Å². The van der Waals surface area contributed by atoms with E-state index in [4.69, 9.17) is 0 Å². The molecule has 0 bridgehead atoms. The normalized spacial score (nSPS) is 20.1. The number of hydrogen-bond acceptors (Lipinski definition) is 4. The van der Waals surface area contributed by atoms with Gasteiger partial charge in [0.1, 0.15) is 10.6 Å². The van der Waals surface area contributed by atoms with Gasteiger partial charge in [-0.1, -0.05) is 12.1 Å². The van der Waals surface area contributed by atoms with E-state index in [0.29, 0.717) is 13.0 Å². The molecule has 0 aromatic heterocycles. The minimum atomic E-state index is -3.88. The molecule has 112 valence electrons. The highest BCUT2D eigenvalue weighted by Crippen LogP contribution is 2.25. The molecule has 1 fully saturated rings. The molecular weight excluding hydrogens is 290 g/mol. The highest BCUT2D eigenvalue weighted by Gasteiger charge is 2.25. The molecule has 2 rings (SSSR count). The number of benzene rings is 1. The lowest BCUT2D eigenvalue weighted by Crippen LogP contribution is -2.45. The van der Waals surface area contributed by atoms with Crippen molar-refractivity contribution in [3.05, 3.63) is 24.3 Å². The predicted molar refractivity (Wildman–Crippen MR) is 69.3 cm³/mol. The Hall–Kier alpha value is -1.25. The highest BCUT2D eigenvalue weighted by atomic mass is 32.2. The summed E-state index contributed by atoms with van der Waals surface area (Å²) in [5.41, 5.74) is 0. The lowest BCUT2D eigenvalue weighted by molar-refractivity contribution is -0.0517. The summed E-state index contributed by atoms with van der Waals surface area (Å²) in [6, 6.07) is 5.12. The Morgan fingerprint density at radius 2 is 2.10 bits per heavy atom. The minimum Gasteiger partial charge on any atom is -0.433 e. The maximum Gasteiger partial charge on any atom is 0.387 e. The van der Waals surface area contributed by atoms with Gasteiger partial charge in [-0.05, 0) is 31.5 Å².